The average Bonchev–Trinajstić information content (AvgIpc) is 3.29. The van der Waals surface area contributed by atoms with Crippen LogP contribution >= 0.6 is 0 Å². The topological polar surface area (TPSA) is 103 Å². The Labute approximate surface area is 148 Å². The second-order valence-electron chi connectivity index (χ2n) is 7.94. The molecule has 6 nitrogen and oxygen atoms in total. The summed E-state index contributed by atoms with van der Waals surface area (Å²) in [7, 11) is 0. The molecule has 0 aromatic rings. The van der Waals surface area contributed by atoms with Crippen molar-refractivity contribution in [2.24, 2.45) is 0 Å². The monoisotopic (exact) mass is 354 g/mol. The van der Waals surface area contributed by atoms with Gasteiger partial charge in [0, 0.05) is 6.42 Å². The number of rotatable bonds is 6. The molecule has 6 heteroatoms. The van der Waals surface area contributed by atoms with Gasteiger partial charge in [0.15, 0.2) is 0 Å². The lowest BCUT2D eigenvalue weighted by molar-refractivity contribution is -0.190. The summed E-state index contributed by atoms with van der Waals surface area (Å²) in [6.07, 6.45) is 3.43. The normalized spacial score (nSPS) is 40.8. The van der Waals surface area contributed by atoms with Crippen molar-refractivity contribution >= 4 is 0 Å². The molecule has 3 rings (SSSR count). The van der Waals surface area contributed by atoms with Crippen LogP contribution in [0.3, 0.4) is 0 Å². The minimum Gasteiger partial charge on any atom is -0.393 e. The van der Waals surface area contributed by atoms with E-state index in [-0.39, 0.29) is 12.7 Å². The van der Waals surface area contributed by atoms with Gasteiger partial charge in [-0.25, -0.2) is 0 Å². The molecule has 2 fully saturated rings. The fourth-order valence-corrected chi connectivity index (χ4v) is 4.00. The Kier molecular flexibility index (Phi) is 5.14. The standard InChI is InChI=1S/C19H30O6/c1-4-11(21)7-5-6-8-12-13(10-20)16-19(17(25-19)15(12)23)9-14(22)18(2,3)24-16/h6,8,11,14-17,20-23H,4-5,7,9-10H2,1-3H3/b8-6+/t11?,14-,15+,16-,17-,19+/m0/s1. The molecule has 0 saturated carbocycles. The van der Waals surface area contributed by atoms with E-state index in [1.807, 2.05) is 32.9 Å². The first kappa shape index (κ1) is 19.0. The predicted molar refractivity (Wildman–Crippen MR) is 92.0 cm³/mol. The van der Waals surface area contributed by atoms with Crippen molar-refractivity contribution in [1.82, 2.24) is 0 Å². The highest BCUT2D eigenvalue weighted by molar-refractivity contribution is 5.44. The van der Waals surface area contributed by atoms with E-state index >= 15 is 0 Å². The van der Waals surface area contributed by atoms with Gasteiger partial charge in [0.05, 0.1) is 24.4 Å². The van der Waals surface area contributed by atoms with Crippen LogP contribution in [0.15, 0.2) is 23.3 Å². The molecule has 3 aliphatic rings. The van der Waals surface area contributed by atoms with Crippen molar-refractivity contribution in [2.45, 2.75) is 88.2 Å². The van der Waals surface area contributed by atoms with Gasteiger partial charge in [-0.1, -0.05) is 19.1 Å². The van der Waals surface area contributed by atoms with Crippen molar-refractivity contribution in [3.63, 3.8) is 0 Å². The highest BCUT2D eigenvalue weighted by atomic mass is 16.7. The summed E-state index contributed by atoms with van der Waals surface area (Å²) in [6, 6.07) is 0. The molecule has 4 N–H and O–H groups in total. The van der Waals surface area contributed by atoms with Gasteiger partial charge in [-0.2, -0.15) is 0 Å². The summed E-state index contributed by atoms with van der Waals surface area (Å²) in [5.74, 6) is 0. The molecule has 0 amide bonds. The smallest absolute Gasteiger partial charge is 0.130 e. The maximum atomic E-state index is 10.7. The maximum absolute atomic E-state index is 10.7. The molecule has 0 radical (unpaired) electrons. The van der Waals surface area contributed by atoms with Crippen LogP contribution in [-0.4, -0.2) is 68.8 Å². The van der Waals surface area contributed by atoms with E-state index in [1.54, 1.807) is 0 Å². The number of aliphatic hydroxyl groups is 4. The Bertz CT molecular complexity index is 568. The molecule has 0 aromatic heterocycles. The first-order valence-corrected chi connectivity index (χ1v) is 9.17. The first-order chi connectivity index (χ1) is 11.8. The third-order valence-electron chi connectivity index (χ3n) is 5.85. The van der Waals surface area contributed by atoms with Gasteiger partial charge in [-0.05, 0) is 44.3 Å². The molecule has 2 aliphatic heterocycles. The van der Waals surface area contributed by atoms with E-state index in [2.05, 4.69) is 0 Å². The summed E-state index contributed by atoms with van der Waals surface area (Å²) < 4.78 is 11.9. The second-order valence-corrected chi connectivity index (χ2v) is 7.94. The van der Waals surface area contributed by atoms with Gasteiger partial charge in [-0.3, -0.25) is 0 Å². The summed E-state index contributed by atoms with van der Waals surface area (Å²) >= 11 is 0. The minimum absolute atomic E-state index is 0.233. The lowest BCUT2D eigenvalue weighted by Crippen LogP contribution is -2.59. The minimum atomic E-state index is -0.845. The van der Waals surface area contributed by atoms with Gasteiger partial charge in [0.25, 0.3) is 0 Å². The van der Waals surface area contributed by atoms with E-state index in [9.17, 15) is 20.4 Å². The number of hydrogen-bond donors (Lipinski definition) is 4. The summed E-state index contributed by atoms with van der Waals surface area (Å²) in [5.41, 5.74) is -0.227. The second kappa shape index (κ2) is 6.76. The highest BCUT2D eigenvalue weighted by Gasteiger charge is 2.72. The zero-order chi connectivity index (χ0) is 18.4. The van der Waals surface area contributed by atoms with Crippen molar-refractivity contribution in [2.75, 3.05) is 6.61 Å². The van der Waals surface area contributed by atoms with Crippen LogP contribution in [0, 0.1) is 0 Å². The molecular weight excluding hydrogens is 324 g/mol. The van der Waals surface area contributed by atoms with Crippen LogP contribution in [0.25, 0.3) is 0 Å². The zero-order valence-corrected chi connectivity index (χ0v) is 15.2. The van der Waals surface area contributed by atoms with Crippen LogP contribution < -0.4 is 0 Å². The number of ether oxygens (including phenoxy) is 2. The average molecular weight is 354 g/mol. The number of hydrogen-bond acceptors (Lipinski definition) is 6. The van der Waals surface area contributed by atoms with E-state index < -0.39 is 35.6 Å². The van der Waals surface area contributed by atoms with E-state index in [0.29, 0.717) is 36.8 Å². The third-order valence-corrected chi connectivity index (χ3v) is 5.85. The van der Waals surface area contributed by atoms with Gasteiger partial charge in [0.1, 0.15) is 23.9 Å². The molecule has 2 heterocycles. The Balaban J connectivity index is 1.83. The quantitative estimate of drug-likeness (QED) is 0.527. The third kappa shape index (κ3) is 3.20. The number of aliphatic hydroxyl groups excluding tert-OH is 4. The van der Waals surface area contributed by atoms with Crippen molar-refractivity contribution < 1.29 is 29.9 Å². The Morgan fingerprint density at radius 1 is 1.28 bits per heavy atom. The molecule has 1 unspecified atom stereocenters. The zero-order valence-electron chi connectivity index (χ0n) is 15.2. The molecule has 0 bridgehead atoms. The molecule has 1 spiro atoms. The van der Waals surface area contributed by atoms with E-state index in [4.69, 9.17) is 9.47 Å². The van der Waals surface area contributed by atoms with Crippen molar-refractivity contribution in [1.29, 1.82) is 0 Å². The number of epoxide rings is 1. The van der Waals surface area contributed by atoms with Gasteiger partial charge in [0.2, 0.25) is 0 Å². The largest absolute Gasteiger partial charge is 0.393 e. The van der Waals surface area contributed by atoms with Crippen molar-refractivity contribution in [3.8, 4) is 0 Å². The fourth-order valence-electron chi connectivity index (χ4n) is 4.00. The molecule has 1 aliphatic carbocycles. The molecule has 25 heavy (non-hydrogen) atoms. The van der Waals surface area contributed by atoms with Crippen LogP contribution in [0.1, 0.15) is 46.5 Å². The highest BCUT2D eigenvalue weighted by Crippen LogP contribution is 2.57. The Hall–Kier alpha value is -0.760. The fraction of sp³-hybridized carbons (Fsp3) is 0.789. The van der Waals surface area contributed by atoms with Crippen LogP contribution in [0.5, 0.6) is 0 Å². The van der Waals surface area contributed by atoms with Crippen LogP contribution in [-0.2, 0) is 9.47 Å². The number of allylic oxidation sites excluding steroid dienone is 1. The van der Waals surface area contributed by atoms with Gasteiger partial charge < -0.3 is 29.9 Å². The molecule has 0 aromatic carbocycles. The van der Waals surface area contributed by atoms with Gasteiger partial charge in [-0.15, -0.1) is 0 Å². The molecule has 142 valence electrons. The summed E-state index contributed by atoms with van der Waals surface area (Å²) in [4.78, 5) is 0. The van der Waals surface area contributed by atoms with Crippen molar-refractivity contribution in [3.05, 3.63) is 23.3 Å². The lowest BCUT2D eigenvalue weighted by atomic mass is 9.73. The summed E-state index contributed by atoms with van der Waals surface area (Å²) in [5, 5.41) is 40.5. The van der Waals surface area contributed by atoms with Gasteiger partial charge >= 0.3 is 0 Å². The first-order valence-electron chi connectivity index (χ1n) is 9.17. The SMILES string of the molecule is CCC(O)CC/C=C/C1=C(CO)[C@@H]2OC(C)(C)[C@@H](O)C[C@@]23O[C@H]3[C@@H]1O. The Morgan fingerprint density at radius 2 is 2.00 bits per heavy atom. The van der Waals surface area contributed by atoms with Crippen LogP contribution in [0.2, 0.25) is 0 Å². The lowest BCUT2D eigenvalue weighted by Gasteiger charge is -2.46. The molecule has 2 saturated heterocycles. The summed E-state index contributed by atoms with van der Waals surface area (Å²) in [6.45, 7) is 5.35. The van der Waals surface area contributed by atoms with E-state index in [1.165, 1.54) is 0 Å². The van der Waals surface area contributed by atoms with Crippen LogP contribution in [0.4, 0.5) is 0 Å². The molecular formula is C19H30O6. The predicted octanol–water partition coefficient (Wildman–Crippen LogP) is 0.823. The van der Waals surface area contributed by atoms with E-state index in [0.717, 1.165) is 0 Å². The Morgan fingerprint density at radius 3 is 2.64 bits per heavy atom. The maximum Gasteiger partial charge on any atom is 0.130 e. The molecule has 6 atom stereocenters.